The lowest BCUT2D eigenvalue weighted by molar-refractivity contribution is 0.0949. The smallest absolute Gasteiger partial charge is 0.255 e. The lowest BCUT2D eigenvalue weighted by Gasteiger charge is -2.11. The Morgan fingerprint density at radius 1 is 1.21 bits per heavy atom. The highest BCUT2D eigenvalue weighted by molar-refractivity contribution is 7.89. The van der Waals surface area contributed by atoms with Gasteiger partial charge in [-0.3, -0.25) is 4.79 Å². The van der Waals surface area contributed by atoms with E-state index in [1.54, 1.807) is 0 Å². The molecule has 6 nitrogen and oxygen atoms in total. The number of amides is 1. The number of carbonyl (C=O) groups is 1. The predicted octanol–water partition coefficient (Wildman–Crippen LogP) is 2.68. The SMILES string of the molecule is COc1ccc(S(N)(=O)=O)cc1C(=O)NCCCCCCC(C)C. The number of unbranched alkanes of at least 4 members (excludes halogenated alkanes) is 3. The van der Waals surface area contributed by atoms with Crippen molar-refractivity contribution in [2.75, 3.05) is 13.7 Å². The number of hydrogen-bond donors (Lipinski definition) is 2. The Morgan fingerprint density at radius 3 is 2.46 bits per heavy atom. The number of nitrogens with one attached hydrogen (secondary N) is 1. The molecule has 0 radical (unpaired) electrons. The van der Waals surface area contributed by atoms with E-state index in [1.807, 2.05) is 0 Å². The summed E-state index contributed by atoms with van der Waals surface area (Å²) in [6.45, 7) is 4.97. The monoisotopic (exact) mass is 356 g/mol. The first kappa shape index (κ1) is 20.4. The molecule has 3 N–H and O–H groups in total. The van der Waals surface area contributed by atoms with Crippen molar-refractivity contribution in [2.45, 2.75) is 50.8 Å². The average molecular weight is 356 g/mol. The summed E-state index contributed by atoms with van der Waals surface area (Å²) >= 11 is 0. The minimum absolute atomic E-state index is 0.109. The average Bonchev–Trinajstić information content (AvgIpc) is 2.51. The van der Waals surface area contributed by atoms with Crippen molar-refractivity contribution in [3.8, 4) is 5.75 Å². The molecule has 24 heavy (non-hydrogen) atoms. The van der Waals surface area contributed by atoms with Crippen LogP contribution in [0, 0.1) is 5.92 Å². The molecule has 0 aliphatic rings. The third kappa shape index (κ3) is 6.88. The van der Waals surface area contributed by atoms with Crippen LogP contribution in [0.15, 0.2) is 23.1 Å². The topological polar surface area (TPSA) is 98.5 Å². The van der Waals surface area contributed by atoms with E-state index in [-0.39, 0.29) is 16.4 Å². The normalized spacial score (nSPS) is 11.5. The van der Waals surface area contributed by atoms with E-state index in [4.69, 9.17) is 9.88 Å². The number of methoxy groups -OCH3 is 1. The highest BCUT2D eigenvalue weighted by Crippen LogP contribution is 2.21. The molecular formula is C17H28N2O4S. The third-order valence-corrected chi connectivity index (χ3v) is 4.65. The Hall–Kier alpha value is -1.60. The van der Waals surface area contributed by atoms with Gasteiger partial charge in [0.25, 0.3) is 5.91 Å². The maximum atomic E-state index is 12.3. The van der Waals surface area contributed by atoms with Gasteiger partial charge in [-0.25, -0.2) is 13.6 Å². The number of carbonyl (C=O) groups excluding carboxylic acids is 1. The van der Waals surface area contributed by atoms with E-state index in [2.05, 4.69) is 19.2 Å². The number of nitrogens with two attached hydrogens (primary N) is 1. The van der Waals surface area contributed by atoms with E-state index in [0.29, 0.717) is 12.3 Å². The van der Waals surface area contributed by atoms with Crippen molar-refractivity contribution >= 4 is 15.9 Å². The van der Waals surface area contributed by atoms with Crippen molar-refractivity contribution < 1.29 is 17.9 Å². The quantitative estimate of drug-likeness (QED) is 0.630. The molecule has 0 aliphatic heterocycles. The van der Waals surface area contributed by atoms with Crippen LogP contribution in [0.5, 0.6) is 5.75 Å². The van der Waals surface area contributed by atoms with Crippen molar-refractivity contribution in [3.05, 3.63) is 23.8 Å². The summed E-state index contributed by atoms with van der Waals surface area (Å²) in [5, 5.41) is 7.90. The second-order valence-electron chi connectivity index (χ2n) is 6.26. The Balaban J connectivity index is 2.55. The first-order chi connectivity index (χ1) is 11.3. The predicted molar refractivity (Wildman–Crippen MR) is 94.6 cm³/mol. The summed E-state index contributed by atoms with van der Waals surface area (Å²) in [5.41, 5.74) is 0.170. The minimum Gasteiger partial charge on any atom is -0.496 e. The van der Waals surface area contributed by atoms with Gasteiger partial charge in [-0.2, -0.15) is 0 Å². The minimum atomic E-state index is -3.86. The fraction of sp³-hybridized carbons (Fsp3) is 0.588. The van der Waals surface area contributed by atoms with Gasteiger partial charge in [-0.15, -0.1) is 0 Å². The largest absolute Gasteiger partial charge is 0.496 e. The lowest BCUT2D eigenvalue weighted by atomic mass is 10.0. The van der Waals surface area contributed by atoms with Gasteiger partial charge in [-0.1, -0.05) is 39.5 Å². The van der Waals surface area contributed by atoms with Gasteiger partial charge in [0.15, 0.2) is 0 Å². The molecule has 136 valence electrons. The molecule has 7 heteroatoms. The van der Waals surface area contributed by atoms with Crippen LogP contribution in [0.4, 0.5) is 0 Å². The Kier molecular flexibility index (Phi) is 8.21. The lowest BCUT2D eigenvalue weighted by Crippen LogP contribution is -2.25. The van der Waals surface area contributed by atoms with Crippen molar-refractivity contribution in [1.29, 1.82) is 0 Å². The maximum absolute atomic E-state index is 12.3. The van der Waals surface area contributed by atoms with E-state index in [9.17, 15) is 13.2 Å². The fourth-order valence-corrected chi connectivity index (χ4v) is 2.91. The first-order valence-corrected chi connectivity index (χ1v) is 9.79. The van der Waals surface area contributed by atoms with Crippen LogP contribution in [-0.2, 0) is 10.0 Å². The molecule has 0 aromatic heterocycles. The molecular weight excluding hydrogens is 328 g/mol. The van der Waals surface area contributed by atoms with Gasteiger partial charge >= 0.3 is 0 Å². The molecule has 0 aliphatic carbocycles. The van der Waals surface area contributed by atoms with E-state index < -0.39 is 10.0 Å². The molecule has 1 aromatic rings. The molecule has 0 bridgehead atoms. The van der Waals surface area contributed by atoms with Gasteiger partial charge in [0.05, 0.1) is 17.6 Å². The van der Waals surface area contributed by atoms with Gasteiger partial charge in [0.2, 0.25) is 10.0 Å². The molecule has 0 unspecified atom stereocenters. The standard InChI is InChI=1S/C17H28N2O4S/c1-13(2)8-6-4-5-7-11-19-17(20)15-12-14(24(18,21)22)9-10-16(15)23-3/h9-10,12-13H,4-8,11H2,1-3H3,(H,19,20)(H2,18,21,22). The number of primary sulfonamides is 1. The summed E-state index contributed by atoms with van der Waals surface area (Å²) < 4.78 is 28.0. The molecule has 1 aromatic carbocycles. The second-order valence-corrected chi connectivity index (χ2v) is 7.82. The van der Waals surface area contributed by atoms with Crippen molar-refractivity contribution in [1.82, 2.24) is 5.32 Å². The number of sulfonamides is 1. The van der Waals surface area contributed by atoms with Crippen LogP contribution in [-0.4, -0.2) is 28.0 Å². The summed E-state index contributed by atoms with van der Waals surface area (Å²) in [7, 11) is -2.43. The molecule has 0 saturated heterocycles. The first-order valence-electron chi connectivity index (χ1n) is 8.24. The van der Waals surface area contributed by atoms with Crippen LogP contribution < -0.4 is 15.2 Å². The molecule has 1 rings (SSSR count). The summed E-state index contributed by atoms with van der Waals surface area (Å²) in [6.07, 6.45) is 5.53. The zero-order valence-corrected chi connectivity index (χ0v) is 15.5. The molecule has 0 fully saturated rings. The second kappa shape index (κ2) is 9.64. The van der Waals surface area contributed by atoms with Gasteiger partial charge < -0.3 is 10.1 Å². The maximum Gasteiger partial charge on any atom is 0.255 e. The zero-order chi connectivity index (χ0) is 18.2. The third-order valence-electron chi connectivity index (χ3n) is 3.74. The number of ether oxygens (including phenoxy) is 1. The number of rotatable bonds is 10. The van der Waals surface area contributed by atoms with Crippen LogP contribution in [0.1, 0.15) is 56.3 Å². The zero-order valence-electron chi connectivity index (χ0n) is 14.7. The number of hydrogen-bond acceptors (Lipinski definition) is 4. The number of benzene rings is 1. The summed E-state index contributed by atoms with van der Waals surface area (Å²) in [5.74, 6) is 0.680. The van der Waals surface area contributed by atoms with E-state index in [1.165, 1.54) is 38.2 Å². The van der Waals surface area contributed by atoms with Crippen molar-refractivity contribution in [3.63, 3.8) is 0 Å². The Bertz CT molecular complexity index is 642. The van der Waals surface area contributed by atoms with Crippen LogP contribution in [0.2, 0.25) is 0 Å². The Labute approximate surface area is 144 Å². The van der Waals surface area contributed by atoms with Crippen LogP contribution in [0.25, 0.3) is 0 Å². The molecule has 1 amide bonds. The molecule has 0 saturated carbocycles. The van der Waals surface area contributed by atoms with E-state index in [0.717, 1.165) is 25.2 Å². The van der Waals surface area contributed by atoms with Gasteiger partial charge in [0, 0.05) is 6.54 Å². The van der Waals surface area contributed by atoms with E-state index >= 15 is 0 Å². The van der Waals surface area contributed by atoms with Gasteiger partial charge in [0.1, 0.15) is 5.75 Å². The molecule has 0 atom stereocenters. The Morgan fingerprint density at radius 2 is 1.88 bits per heavy atom. The van der Waals surface area contributed by atoms with Gasteiger partial charge in [-0.05, 0) is 30.5 Å². The summed E-state index contributed by atoms with van der Waals surface area (Å²) in [4.78, 5) is 12.1. The summed E-state index contributed by atoms with van der Waals surface area (Å²) in [6, 6.07) is 3.99. The highest BCUT2D eigenvalue weighted by atomic mass is 32.2. The van der Waals surface area contributed by atoms with Crippen LogP contribution >= 0.6 is 0 Å². The molecule has 0 heterocycles. The molecule has 0 spiro atoms. The van der Waals surface area contributed by atoms with Crippen LogP contribution in [0.3, 0.4) is 0 Å². The fourth-order valence-electron chi connectivity index (χ4n) is 2.37. The highest BCUT2D eigenvalue weighted by Gasteiger charge is 2.16. The van der Waals surface area contributed by atoms with Crippen molar-refractivity contribution in [2.24, 2.45) is 11.1 Å².